The molecule has 0 fully saturated rings. The van der Waals surface area contributed by atoms with Crippen LogP contribution in [0.25, 0.3) is 44.2 Å². The maximum absolute atomic E-state index is 9.32. The standard InChI is InChI=1S/C28H18N4/c29-17-19-9-13-21(14-10-19)31-25-7-3-1-5-23(25)27-24-6-2-4-8-26(24)32(28(27)31)22-15-11-20(18-30)12-16-22/h1-11,13-16,20H,12H2. The third-order valence-corrected chi connectivity index (χ3v) is 6.23. The Morgan fingerprint density at radius 3 is 2.03 bits per heavy atom. The zero-order valence-electron chi connectivity index (χ0n) is 17.2. The number of para-hydroxylation sites is 2. The number of hydrogen-bond acceptors (Lipinski definition) is 2. The molecule has 0 aliphatic heterocycles. The van der Waals surface area contributed by atoms with Crippen molar-refractivity contribution in [1.29, 1.82) is 10.5 Å². The van der Waals surface area contributed by atoms with Crippen LogP contribution in [-0.2, 0) is 0 Å². The van der Waals surface area contributed by atoms with Crippen LogP contribution in [0.3, 0.4) is 0 Å². The van der Waals surface area contributed by atoms with Gasteiger partial charge in [-0.2, -0.15) is 10.5 Å². The molecule has 2 heterocycles. The molecule has 6 rings (SSSR count). The highest BCUT2D eigenvalue weighted by Gasteiger charge is 2.22. The minimum absolute atomic E-state index is 0.0829. The van der Waals surface area contributed by atoms with E-state index in [2.05, 4.69) is 82.0 Å². The summed E-state index contributed by atoms with van der Waals surface area (Å²) in [5, 5.41) is 22.2. The fourth-order valence-corrected chi connectivity index (χ4v) is 4.78. The summed E-state index contributed by atoms with van der Waals surface area (Å²) in [5.74, 6) is -0.0829. The largest absolute Gasteiger partial charge is 0.295 e. The van der Waals surface area contributed by atoms with E-state index in [1.54, 1.807) is 0 Å². The highest BCUT2D eigenvalue weighted by molar-refractivity contribution is 6.23. The number of nitriles is 2. The first-order chi connectivity index (χ1) is 15.8. The summed E-state index contributed by atoms with van der Waals surface area (Å²) >= 11 is 0. The van der Waals surface area contributed by atoms with Crippen molar-refractivity contribution in [3.8, 4) is 17.8 Å². The van der Waals surface area contributed by atoms with Gasteiger partial charge in [0.25, 0.3) is 0 Å². The second-order valence-corrected chi connectivity index (χ2v) is 8.02. The zero-order valence-corrected chi connectivity index (χ0v) is 17.2. The molecule has 1 aliphatic rings. The van der Waals surface area contributed by atoms with Crippen LogP contribution in [0.2, 0.25) is 0 Å². The quantitative estimate of drug-likeness (QED) is 0.331. The van der Waals surface area contributed by atoms with E-state index in [0.29, 0.717) is 12.0 Å². The molecular formula is C28H18N4. The van der Waals surface area contributed by atoms with E-state index in [0.717, 1.165) is 28.1 Å². The monoisotopic (exact) mass is 410 g/mol. The normalized spacial score (nSPS) is 15.7. The highest BCUT2D eigenvalue weighted by Crippen LogP contribution is 2.41. The van der Waals surface area contributed by atoms with E-state index in [9.17, 15) is 10.5 Å². The predicted octanol–water partition coefficient (Wildman–Crippen LogP) is 6.55. The Kier molecular flexibility index (Phi) is 4.00. The molecule has 2 aromatic heterocycles. The third kappa shape index (κ3) is 2.54. The fraction of sp³-hybridized carbons (Fsp3) is 0.0714. The van der Waals surface area contributed by atoms with Crippen LogP contribution in [0.5, 0.6) is 0 Å². The fourth-order valence-electron chi connectivity index (χ4n) is 4.78. The van der Waals surface area contributed by atoms with Crippen molar-refractivity contribution >= 4 is 38.5 Å². The van der Waals surface area contributed by atoms with Crippen LogP contribution in [-0.4, -0.2) is 9.13 Å². The summed E-state index contributed by atoms with van der Waals surface area (Å²) in [6.45, 7) is 0. The van der Waals surface area contributed by atoms with Gasteiger partial charge in [0.2, 0.25) is 0 Å². The van der Waals surface area contributed by atoms with Crippen molar-refractivity contribution in [2.24, 2.45) is 5.92 Å². The first kappa shape index (κ1) is 18.2. The van der Waals surface area contributed by atoms with E-state index < -0.39 is 0 Å². The molecule has 1 aliphatic carbocycles. The van der Waals surface area contributed by atoms with Crippen molar-refractivity contribution in [2.75, 3.05) is 0 Å². The zero-order chi connectivity index (χ0) is 21.7. The van der Waals surface area contributed by atoms with Gasteiger partial charge in [0.15, 0.2) is 0 Å². The Bertz CT molecular complexity index is 1660. The average Bonchev–Trinajstić information content (AvgIpc) is 3.37. The first-order valence-corrected chi connectivity index (χ1v) is 10.6. The molecular weight excluding hydrogens is 392 g/mol. The topological polar surface area (TPSA) is 57.4 Å². The molecule has 1 atom stereocenters. The molecule has 0 bridgehead atoms. The van der Waals surface area contributed by atoms with Crippen molar-refractivity contribution in [1.82, 2.24) is 9.13 Å². The lowest BCUT2D eigenvalue weighted by molar-refractivity contribution is 0.833. The molecule has 0 N–H and O–H groups in total. The van der Waals surface area contributed by atoms with Crippen molar-refractivity contribution in [3.63, 3.8) is 0 Å². The SMILES string of the molecule is N#Cc1ccc(-n2c3ccccc3c3c4ccccc4n(C4=CCC(C#N)C=C4)c32)cc1. The minimum Gasteiger partial charge on any atom is -0.295 e. The van der Waals surface area contributed by atoms with Gasteiger partial charge in [-0.3, -0.25) is 9.13 Å². The number of fused-ring (bicyclic) bond motifs is 5. The van der Waals surface area contributed by atoms with E-state index in [1.165, 1.54) is 16.2 Å². The molecule has 0 amide bonds. The number of allylic oxidation sites excluding steroid dienone is 4. The Labute approximate surface area is 185 Å². The number of benzene rings is 3. The molecule has 4 nitrogen and oxygen atoms in total. The Morgan fingerprint density at radius 2 is 1.44 bits per heavy atom. The molecule has 1 unspecified atom stereocenters. The van der Waals surface area contributed by atoms with Gasteiger partial charge in [-0.25, -0.2) is 0 Å². The van der Waals surface area contributed by atoms with Crippen LogP contribution in [0.15, 0.2) is 91.0 Å². The van der Waals surface area contributed by atoms with Crippen LogP contribution in [0, 0.1) is 28.6 Å². The van der Waals surface area contributed by atoms with Gasteiger partial charge in [0.05, 0.1) is 34.7 Å². The van der Waals surface area contributed by atoms with Gasteiger partial charge in [0, 0.05) is 27.5 Å². The molecule has 0 saturated heterocycles. The van der Waals surface area contributed by atoms with E-state index in [1.807, 2.05) is 30.3 Å². The molecule has 5 aromatic rings. The summed E-state index contributed by atoms with van der Waals surface area (Å²) in [6, 6.07) is 29.2. The molecule has 0 radical (unpaired) electrons. The summed E-state index contributed by atoms with van der Waals surface area (Å²) in [4.78, 5) is 0. The lowest BCUT2D eigenvalue weighted by Gasteiger charge is -2.16. The van der Waals surface area contributed by atoms with Crippen LogP contribution < -0.4 is 0 Å². The Morgan fingerprint density at radius 1 is 0.781 bits per heavy atom. The summed E-state index contributed by atoms with van der Waals surface area (Å²) in [5.41, 5.74) is 6.06. The van der Waals surface area contributed by atoms with Crippen molar-refractivity contribution in [2.45, 2.75) is 6.42 Å². The molecule has 0 saturated carbocycles. The Balaban J connectivity index is 1.77. The smallest absolute Gasteiger partial charge is 0.131 e. The molecule has 3 aromatic carbocycles. The lowest BCUT2D eigenvalue weighted by atomic mass is 10.0. The van der Waals surface area contributed by atoms with Crippen LogP contribution >= 0.6 is 0 Å². The minimum atomic E-state index is -0.0829. The number of hydrogen-bond donors (Lipinski definition) is 0. The molecule has 4 heteroatoms. The van der Waals surface area contributed by atoms with Crippen molar-refractivity contribution < 1.29 is 0 Å². The number of aromatic nitrogens is 2. The van der Waals surface area contributed by atoms with Gasteiger partial charge in [-0.05, 0) is 48.9 Å². The van der Waals surface area contributed by atoms with Crippen molar-refractivity contribution in [3.05, 3.63) is 96.6 Å². The van der Waals surface area contributed by atoms with E-state index >= 15 is 0 Å². The predicted molar refractivity (Wildman–Crippen MR) is 128 cm³/mol. The van der Waals surface area contributed by atoms with Crippen LogP contribution in [0.4, 0.5) is 0 Å². The average molecular weight is 410 g/mol. The number of nitrogens with zero attached hydrogens (tertiary/aromatic N) is 4. The third-order valence-electron chi connectivity index (χ3n) is 6.23. The lowest BCUT2D eigenvalue weighted by Crippen LogP contribution is -2.05. The van der Waals surface area contributed by atoms with Gasteiger partial charge in [-0.1, -0.05) is 48.6 Å². The second kappa shape index (κ2) is 7.01. The number of rotatable bonds is 2. The summed E-state index contributed by atoms with van der Waals surface area (Å²) in [6.07, 6.45) is 6.91. The van der Waals surface area contributed by atoms with Crippen LogP contribution in [0.1, 0.15) is 12.0 Å². The maximum Gasteiger partial charge on any atom is 0.131 e. The van der Waals surface area contributed by atoms with Gasteiger partial charge >= 0.3 is 0 Å². The van der Waals surface area contributed by atoms with Gasteiger partial charge in [0.1, 0.15) is 5.65 Å². The molecule has 0 spiro atoms. The van der Waals surface area contributed by atoms with Gasteiger partial charge < -0.3 is 0 Å². The first-order valence-electron chi connectivity index (χ1n) is 10.6. The highest BCUT2D eigenvalue weighted by atomic mass is 15.1. The van der Waals surface area contributed by atoms with Gasteiger partial charge in [-0.15, -0.1) is 0 Å². The second-order valence-electron chi connectivity index (χ2n) is 8.02. The maximum atomic E-state index is 9.32. The summed E-state index contributed by atoms with van der Waals surface area (Å²) < 4.78 is 4.57. The Hall–Kier alpha value is -4.54. The molecule has 150 valence electrons. The molecule has 32 heavy (non-hydrogen) atoms. The van der Waals surface area contributed by atoms with E-state index in [-0.39, 0.29) is 5.92 Å². The summed E-state index contributed by atoms with van der Waals surface area (Å²) in [7, 11) is 0. The van der Waals surface area contributed by atoms with E-state index in [4.69, 9.17) is 0 Å².